The van der Waals surface area contributed by atoms with E-state index >= 15 is 0 Å². The van der Waals surface area contributed by atoms with Crippen molar-refractivity contribution in [2.24, 2.45) is 5.92 Å². The molecule has 1 N–H and O–H groups in total. The van der Waals surface area contributed by atoms with E-state index in [0.717, 1.165) is 43.2 Å². The van der Waals surface area contributed by atoms with Crippen LogP contribution in [-0.2, 0) is 0 Å². The molecule has 6 nitrogen and oxygen atoms in total. The van der Waals surface area contributed by atoms with Crippen LogP contribution in [0.25, 0.3) is 0 Å². The summed E-state index contributed by atoms with van der Waals surface area (Å²) in [6.07, 6.45) is 3.59. The number of carbonyl (C=O) groups is 1. The average Bonchev–Trinajstić information content (AvgIpc) is 2.67. The minimum atomic E-state index is -0.955. The van der Waals surface area contributed by atoms with Gasteiger partial charge in [-0.2, -0.15) is 0 Å². The summed E-state index contributed by atoms with van der Waals surface area (Å²) in [6, 6.07) is 11.0. The van der Waals surface area contributed by atoms with Gasteiger partial charge in [-0.3, -0.25) is 0 Å². The van der Waals surface area contributed by atoms with Crippen LogP contribution in [-0.4, -0.2) is 42.9 Å². The minimum Gasteiger partial charge on any atom is -0.497 e. The minimum absolute atomic E-state index is 0.208. The Balaban J connectivity index is 1.56. The van der Waals surface area contributed by atoms with Crippen molar-refractivity contribution in [2.75, 3.05) is 31.7 Å². The van der Waals surface area contributed by atoms with Gasteiger partial charge in [0.2, 0.25) is 0 Å². The molecule has 2 aromatic rings. The molecule has 0 aliphatic carbocycles. The van der Waals surface area contributed by atoms with E-state index in [1.54, 1.807) is 19.2 Å². The van der Waals surface area contributed by atoms with E-state index in [9.17, 15) is 4.79 Å². The summed E-state index contributed by atoms with van der Waals surface area (Å²) < 4.78 is 11.0. The molecule has 3 rings (SSSR count). The number of anilines is 1. The first-order valence-corrected chi connectivity index (χ1v) is 8.37. The van der Waals surface area contributed by atoms with Gasteiger partial charge in [0.15, 0.2) is 0 Å². The molecule has 0 amide bonds. The van der Waals surface area contributed by atoms with Gasteiger partial charge in [0.05, 0.1) is 19.3 Å². The number of pyridine rings is 1. The lowest BCUT2D eigenvalue weighted by Gasteiger charge is -2.33. The number of aromatic nitrogens is 1. The van der Waals surface area contributed by atoms with E-state index in [1.165, 1.54) is 6.20 Å². The number of piperidine rings is 1. The molecule has 1 atom stereocenters. The van der Waals surface area contributed by atoms with Crippen LogP contribution in [0.3, 0.4) is 0 Å². The lowest BCUT2D eigenvalue weighted by atomic mass is 9.99. The fourth-order valence-corrected chi connectivity index (χ4v) is 2.99. The predicted octanol–water partition coefficient (Wildman–Crippen LogP) is 3.08. The summed E-state index contributed by atoms with van der Waals surface area (Å²) in [4.78, 5) is 17.4. The predicted molar refractivity (Wildman–Crippen MR) is 94.6 cm³/mol. The molecular weight excluding hydrogens is 320 g/mol. The summed E-state index contributed by atoms with van der Waals surface area (Å²) in [5.41, 5.74) is 0.208. The van der Waals surface area contributed by atoms with E-state index in [-0.39, 0.29) is 5.56 Å². The molecular formula is C19H22N2O4. The van der Waals surface area contributed by atoms with Crippen LogP contribution >= 0.6 is 0 Å². The molecule has 1 aromatic carbocycles. The standard InChI is InChI=1S/C19H22N2O4/c1-24-16-5-7-17(8-6-16)25-13-14-3-2-10-21(12-14)18-9-4-15(11-20-18)19(22)23/h4-9,11,14H,2-3,10,12-13H2,1H3,(H,22,23). The van der Waals surface area contributed by atoms with Gasteiger partial charge in [-0.1, -0.05) is 0 Å². The highest BCUT2D eigenvalue weighted by atomic mass is 16.5. The molecule has 1 fully saturated rings. The Morgan fingerprint density at radius 2 is 2.00 bits per heavy atom. The van der Waals surface area contributed by atoms with Gasteiger partial charge in [-0.05, 0) is 49.2 Å². The van der Waals surface area contributed by atoms with E-state index < -0.39 is 5.97 Å². The molecule has 2 heterocycles. The smallest absolute Gasteiger partial charge is 0.337 e. The fraction of sp³-hybridized carbons (Fsp3) is 0.368. The summed E-state index contributed by atoms with van der Waals surface area (Å²) in [5, 5.41) is 8.96. The van der Waals surface area contributed by atoms with Gasteiger partial charge < -0.3 is 19.5 Å². The van der Waals surface area contributed by atoms with Crippen LogP contribution in [0.2, 0.25) is 0 Å². The third-order valence-electron chi connectivity index (χ3n) is 4.38. The SMILES string of the molecule is COc1ccc(OCC2CCCN(c3ccc(C(=O)O)cn3)C2)cc1. The van der Waals surface area contributed by atoms with Gasteiger partial charge >= 0.3 is 5.97 Å². The van der Waals surface area contributed by atoms with E-state index in [0.29, 0.717) is 12.5 Å². The largest absolute Gasteiger partial charge is 0.497 e. The zero-order valence-electron chi connectivity index (χ0n) is 14.2. The van der Waals surface area contributed by atoms with Crippen LogP contribution in [0.5, 0.6) is 11.5 Å². The highest BCUT2D eigenvalue weighted by Crippen LogP contribution is 2.23. The molecule has 0 saturated carbocycles. The second kappa shape index (κ2) is 7.88. The lowest BCUT2D eigenvalue weighted by molar-refractivity contribution is 0.0696. The highest BCUT2D eigenvalue weighted by molar-refractivity contribution is 5.87. The summed E-state index contributed by atoms with van der Waals surface area (Å²) >= 11 is 0. The molecule has 0 radical (unpaired) electrons. The Morgan fingerprint density at radius 3 is 2.64 bits per heavy atom. The molecule has 1 aliphatic heterocycles. The van der Waals surface area contributed by atoms with Crippen molar-refractivity contribution in [2.45, 2.75) is 12.8 Å². The number of carboxylic acids is 1. The average molecular weight is 342 g/mol. The maximum atomic E-state index is 10.9. The van der Waals surface area contributed by atoms with E-state index in [4.69, 9.17) is 14.6 Å². The van der Waals surface area contributed by atoms with Crippen molar-refractivity contribution < 1.29 is 19.4 Å². The molecule has 1 unspecified atom stereocenters. The molecule has 132 valence electrons. The molecule has 0 spiro atoms. The van der Waals surface area contributed by atoms with Crippen molar-refractivity contribution in [1.29, 1.82) is 0 Å². The quantitative estimate of drug-likeness (QED) is 0.870. The van der Waals surface area contributed by atoms with Crippen LogP contribution in [0, 0.1) is 5.92 Å². The maximum Gasteiger partial charge on any atom is 0.337 e. The zero-order valence-corrected chi connectivity index (χ0v) is 14.2. The second-order valence-electron chi connectivity index (χ2n) is 6.15. The fourth-order valence-electron chi connectivity index (χ4n) is 2.99. The van der Waals surface area contributed by atoms with Crippen LogP contribution in [0.15, 0.2) is 42.6 Å². The van der Waals surface area contributed by atoms with E-state index in [1.807, 2.05) is 24.3 Å². The first kappa shape index (κ1) is 17.1. The summed E-state index contributed by atoms with van der Waals surface area (Å²) in [5.74, 6) is 1.92. The number of aromatic carboxylic acids is 1. The van der Waals surface area contributed by atoms with Crippen LogP contribution < -0.4 is 14.4 Å². The van der Waals surface area contributed by atoms with Crippen molar-refractivity contribution in [3.05, 3.63) is 48.2 Å². The molecule has 25 heavy (non-hydrogen) atoms. The summed E-state index contributed by atoms with van der Waals surface area (Å²) in [6.45, 7) is 2.43. The number of hydrogen-bond donors (Lipinski definition) is 1. The second-order valence-corrected chi connectivity index (χ2v) is 6.15. The first-order valence-electron chi connectivity index (χ1n) is 8.37. The van der Waals surface area contributed by atoms with E-state index in [2.05, 4.69) is 9.88 Å². The number of benzene rings is 1. The van der Waals surface area contributed by atoms with Gasteiger partial charge in [0, 0.05) is 25.2 Å². The van der Waals surface area contributed by atoms with Crippen molar-refractivity contribution in [1.82, 2.24) is 4.98 Å². The Labute approximate surface area is 147 Å². The number of carboxylic acid groups (broad SMARTS) is 1. The van der Waals surface area contributed by atoms with Gasteiger partial charge in [0.25, 0.3) is 0 Å². The molecule has 1 aliphatic rings. The number of methoxy groups -OCH3 is 1. The molecule has 0 bridgehead atoms. The number of rotatable bonds is 6. The Morgan fingerprint density at radius 1 is 1.24 bits per heavy atom. The number of ether oxygens (including phenoxy) is 2. The third-order valence-corrected chi connectivity index (χ3v) is 4.38. The van der Waals surface area contributed by atoms with Gasteiger partial charge in [-0.25, -0.2) is 9.78 Å². The first-order chi connectivity index (χ1) is 12.2. The molecule has 1 saturated heterocycles. The van der Waals surface area contributed by atoms with Crippen molar-refractivity contribution in [3.63, 3.8) is 0 Å². The van der Waals surface area contributed by atoms with Crippen LogP contribution in [0.1, 0.15) is 23.2 Å². The lowest BCUT2D eigenvalue weighted by Crippen LogP contribution is -2.38. The Kier molecular flexibility index (Phi) is 5.38. The molecule has 1 aromatic heterocycles. The zero-order chi connectivity index (χ0) is 17.6. The molecule has 6 heteroatoms. The summed E-state index contributed by atoms with van der Waals surface area (Å²) in [7, 11) is 1.64. The van der Waals surface area contributed by atoms with Crippen molar-refractivity contribution >= 4 is 11.8 Å². The number of hydrogen-bond acceptors (Lipinski definition) is 5. The third kappa shape index (κ3) is 4.41. The van der Waals surface area contributed by atoms with Crippen molar-refractivity contribution in [3.8, 4) is 11.5 Å². The van der Waals surface area contributed by atoms with Crippen LogP contribution in [0.4, 0.5) is 5.82 Å². The highest BCUT2D eigenvalue weighted by Gasteiger charge is 2.21. The number of nitrogens with zero attached hydrogens (tertiary/aromatic N) is 2. The Hall–Kier alpha value is -2.76. The van der Waals surface area contributed by atoms with Gasteiger partial charge in [0.1, 0.15) is 17.3 Å². The Bertz CT molecular complexity index is 700. The topological polar surface area (TPSA) is 71.9 Å². The van der Waals surface area contributed by atoms with Gasteiger partial charge in [-0.15, -0.1) is 0 Å². The maximum absolute atomic E-state index is 10.9. The monoisotopic (exact) mass is 342 g/mol. The normalized spacial score (nSPS) is 17.2.